The second kappa shape index (κ2) is 10.3. The number of halogens is 1. The first-order valence-electron chi connectivity index (χ1n) is 11.8. The van der Waals surface area contributed by atoms with Gasteiger partial charge in [-0.1, -0.05) is 78.3 Å². The normalized spacial score (nSPS) is 13.2. The summed E-state index contributed by atoms with van der Waals surface area (Å²) < 4.78 is 7.48. The SMILES string of the molecule is CC(OC(=O)NC1=C(c2ccc(-c3ccc(CC(=O)O)cc3)cc2)Cc2nccn21)c1ccccc1Cl. The Kier molecular flexibility index (Phi) is 6.79. The number of benzene rings is 3. The number of imidazole rings is 1. The fourth-order valence-electron chi connectivity index (χ4n) is 4.44. The van der Waals surface area contributed by atoms with E-state index in [1.807, 2.05) is 77.5 Å². The van der Waals surface area contributed by atoms with E-state index in [1.54, 1.807) is 19.2 Å². The van der Waals surface area contributed by atoms with Crippen molar-refractivity contribution in [1.82, 2.24) is 14.9 Å². The van der Waals surface area contributed by atoms with Gasteiger partial charge in [0.2, 0.25) is 0 Å². The fraction of sp³-hybridized carbons (Fsp3) is 0.138. The predicted molar refractivity (Wildman–Crippen MR) is 142 cm³/mol. The molecule has 0 spiro atoms. The van der Waals surface area contributed by atoms with Crippen molar-refractivity contribution in [2.75, 3.05) is 0 Å². The number of ether oxygens (including phenoxy) is 1. The highest BCUT2D eigenvalue weighted by Crippen LogP contribution is 2.33. The largest absolute Gasteiger partial charge is 0.481 e. The van der Waals surface area contributed by atoms with Crippen LogP contribution in [0.15, 0.2) is 85.2 Å². The van der Waals surface area contributed by atoms with Crippen LogP contribution in [0.4, 0.5) is 4.79 Å². The third kappa shape index (κ3) is 5.27. The van der Waals surface area contributed by atoms with E-state index in [2.05, 4.69) is 10.3 Å². The molecule has 0 aliphatic carbocycles. The molecule has 2 N–H and O–H groups in total. The summed E-state index contributed by atoms with van der Waals surface area (Å²) in [5, 5.41) is 12.4. The molecule has 0 bridgehead atoms. The number of aliphatic carboxylic acids is 1. The number of amides is 1. The number of aromatic nitrogens is 2. The maximum atomic E-state index is 12.9. The highest BCUT2D eigenvalue weighted by molar-refractivity contribution is 6.31. The Morgan fingerprint density at radius 2 is 1.68 bits per heavy atom. The van der Waals surface area contributed by atoms with Crippen LogP contribution in [0.5, 0.6) is 0 Å². The molecule has 0 fully saturated rings. The van der Waals surface area contributed by atoms with Gasteiger partial charge in [-0.15, -0.1) is 0 Å². The lowest BCUT2D eigenvalue weighted by atomic mass is 9.98. The summed E-state index contributed by atoms with van der Waals surface area (Å²) >= 11 is 6.26. The molecule has 7 nitrogen and oxygen atoms in total. The highest BCUT2D eigenvalue weighted by atomic mass is 35.5. The molecule has 5 rings (SSSR count). The quantitative estimate of drug-likeness (QED) is 0.307. The second-order valence-electron chi connectivity index (χ2n) is 8.76. The number of carboxylic acids is 1. The topological polar surface area (TPSA) is 93.4 Å². The zero-order valence-electron chi connectivity index (χ0n) is 20.0. The minimum absolute atomic E-state index is 0.00240. The summed E-state index contributed by atoms with van der Waals surface area (Å²) in [6.45, 7) is 1.78. The van der Waals surface area contributed by atoms with Crippen molar-refractivity contribution in [3.8, 4) is 11.1 Å². The van der Waals surface area contributed by atoms with Crippen LogP contribution in [0.3, 0.4) is 0 Å². The zero-order chi connectivity index (χ0) is 25.9. The first-order chi connectivity index (χ1) is 17.9. The summed E-state index contributed by atoms with van der Waals surface area (Å²) in [5.41, 5.74) is 5.36. The van der Waals surface area contributed by atoms with Gasteiger partial charge in [-0.3, -0.25) is 14.7 Å². The molecule has 37 heavy (non-hydrogen) atoms. The molecule has 0 saturated carbocycles. The monoisotopic (exact) mass is 513 g/mol. The Bertz CT molecular complexity index is 1490. The van der Waals surface area contributed by atoms with Gasteiger partial charge < -0.3 is 9.84 Å². The molecule has 1 unspecified atom stereocenters. The van der Waals surface area contributed by atoms with Crippen LogP contribution in [0, 0.1) is 0 Å². The first-order valence-corrected chi connectivity index (χ1v) is 12.2. The van der Waals surface area contributed by atoms with Crippen LogP contribution in [0.1, 0.15) is 35.5 Å². The molecule has 4 aromatic rings. The molecule has 2 heterocycles. The molecule has 1 atom stereocenters. The number of nitrogens with one attached hydrogen (secondary N) is 1. The first kappa shape index (κ1) is 24.3. The number of carboxylic acid groups (broad SMARTS) is 1. The molecular weight excluding hydrogens is 490 g/mol. The van der Waals surface area contributed by atoms with Gasteiger partial charge in [-0.2, -0.15) is 0 Å². The van der Waals surface area contributed by atoms with Crippen molar-refractivity contribution >= 4 is 35.1 Å². The summed E-state index contributed by atoms with van der Waals surface area (Å²) in [4.78, 5) is 28.2. The lowest BCUT2D eigenvalue weighted by Gasteiger charge is -2.17. The van der Waals surface area contributed by atoms with E-state index in [-0.39, 0.29) is 6.42 Å². The Morgan fingerprint density at radius 3 is 2.35 bits per heavy atom. The van der Waals surface area contributed by atoms with Crippen LogP contribution in [-0.4, -0.2) is 26.7 Å². The number of carbonyl (C=O) groups is 2. The molecule has 186 valence electrons. The van der Waals surface area contributed by atoms with E-state index < -0.39 is 18.2 Å². The van der Waals surface area contributed by atoms with Crippen LogP contribution >= 0.6 is 11.6 Å². The minimum Gasteiger partial charge on any atom is -0.481 e. The lowest BCUT2D eigenvalue weighted by molar-refractivity contribution is -0.136. The Balaban J connectivity index is 1.36. The third-order valence-electron chi connectivity index (χ3n) is 6.30. The Labute approximate surface area is 219 Å². The summed E-state index contributed by atoms with van der Waals surface area (Å²) in [6.07, 6.45) is 2.95. The van der Waals surface area contributed by atoms with Gasteiger partial charge in [0.15, 0.2) is 0 Å². The van der Waals surface area contributed by atoms with Crippen LogP contribution < -0.4 is 5.32 Å². The average Bonchev–Trinajstić information content (AvgIpc) is 3.47. The summed E-state index contributed by atoms with van der Waals surface area (Å²) in [5.74, 6) is 0.575. The van der Waals surface area contributed by atoms with Crippen LogP contribution in [0.2, 0.25) is 5.02 Å². The molecule has 0 radical (unpaired) electrons. The van der Waals surface area contributed by atoms with E-state index in [1.165, 1.54) is 0 Å². The maximum Gasteiger partial charge on any atom is 0.413 e. The molecule has 0 saturated heterocycles. The molecular formula is C29H24ClN3O4. The Morgan fingerprint density at radius 1 is 1.03 bits per heavy atom. The molecule has 1 amide bonds. The van der Waals surface area contributed by atoms with E-state index in [4.69, 9.17) is 21.4 Å². The van der Waals surface area contributed by atoms with E-state index in [0.29, 0.717) is 17.3 Å². The van der Waals surface area contributed by atoms with Crippen LogP contribution in [-0.2, 0) is 22.4 Å². The van der Waals surface area contributed by atoms with Crippen molar-refractivity contribution in [1.29, 1.82) is 0 Å². The average molecular weight is 514 g/mol. The van der Waals surface area contributed by atoms with Crippen molar-refractivity contribution in [2.24, 2.45) is 0 Å². The number of rotatable bonds is 7. The van der Waals surface area contributed by atoms with Gasteiger partial charge in [0.25, 0.3) is 0 Å². The van der Waals surface area contributed by atoms with Crippen molar-refractivity contribution in [3.63, 3.8) is 0 Å². The highest BCUT2D eigenvalue weighted by Gasteiger charge is 2.26. The smallest absolute Gasteiger partial charge is 0.413 e. The molecule has 3 aromatic carbocycles. The molecule has 1 aromatic heterocycles. The van der Waals surface area contributed by atoms with E-state index in [9.17, 15) is 9.59 Å². The van der Waals surface area contributed by atoms with Gasteiger partial charge in [-0.05, 0) is 35.2 Å². The van der Waals surface area contributed by atoms with Crippen molar-refractivity contribution in [2.45, 2.75) is 25.9 Å². The number of carbonyl (C=O) groups excluding carboxylic acids is 1. The Hall–Kier alpha value is -4.36. The minimum atomic E-state index is -0.853. The van der Waals surface area contributed by atoms with Gasteiger partial charge in [-0.25, -0.2) is 9.78 Å². The number of allylic oxidation sites excluding steroid dienone is 1. The number of nitrogens with zero attached hydrogens (tertiary/aromatic N) is 2. The summed E-state index contributed by atoms with van der Waals surface area (Å²) in [6, 6.07) is 22.8. The lowest BCUT2D eigenvalue weighted by Crippen LogP contribution is -2.26. The standard InChI is InChI=1S/C29H24ClN3O4/c1-18(23-4-2-3-5-25(23)30)37-29(36)32-28-24(17-26-31-14-15-33(26)28)22-12-10-21(11-13-22)20-8-6-19(7-9-20)16-27(34)35/h2-15,18H,16-17H2,1H3,(H,32,36)(H,34,35). The fourth-order valence-corrected chi connectivity index (χ4v) is 4.73. The number of fused-ring (bicyclic) bond motifs is 1. The van der Waals surface area contributed by atoms with Crippen LogP contribution in [0.25, 0.3) is 22.5 Å². The number of hydrogen-bond acceptors (Lipinski definition) is 4. The number of alkyl carbamates (subject to hydrolysis) is 1. The van der Waals surface area contributed by atoms with Gasteiger partial charge in [0, 0.05) is 35.0 Å². The van der Waals surface area contributed by atoms with Crippen molar-refractivity contribution < 1.29 is 19.4 Å². The van der Waals surface area contributed by atoms with Gasteiger partial charge in [0.05, 0.1) is 6.42 Å². The summed E-state index contributed by atoms with van der Waals surface area (Å²) in [7, 11) is 0. The maximum absolute atomic E-state index is 12.9. The molecule has 1 aliphatic heterocycles. The van der Waals surface area contributed by atoms with Crippen molar-refractivity contribution in [3.05, 3.63) is 113 Å². The molecule has 8 heteroatoms. The zero-order valence-corrected chi connectivity index (χ0v) is 20.8. The van der Waals surface area contributed by atoms with E-state index >= 15 is 0 Å². The van der Waals surface area contributed by atoms with Gasteiger partial charge in [0.1, 0.15) is 17.7 Å². The predicted octanol–water partition coefficient (Wildman–Crippen LogP) is 6.20. The second-order valence-corrected chi connectivity index (χ2v) is 9.16. The number of hydrogen-bond donors (Lipinski definition) is 2. The van der Waals surface area contributed by atoms with E-state index in [0.717, 1.165) is 39.2 Å². The molecule has 1 aliphatic rings. The van der Waals surface area contributed by atoms with Gasteiger partial charge >= 0.3 is 12.1 Å². The third-order valence-corrected chi connectivity index (χ3v) is 6.65.